The van der Waals surface area contributed by atoms with Gasteiger partial charge >= 0.3 is 5.97 Å². The second-order valence-corrected chi connectivity index (χ2v) is 13.0. The highest BCUT2D eigenvalue weighted by Crippen LogP contribution is 2.41. The number of nitrogens with zero attached hydrogens (tertiary/aromatic N) is 2. The van der Waals surface area contributed by atoms with E-state index in [1.807, 2.05) is 6.07 Å². The number of hydrogen-bond acceptors (Lipinski definition) is 9. The highest BCUT2D eigenvalue weighted by atomic mass is 127. The number of hydrogen-bond donors (Lipinski definition) is 0. The summed E-state index contributed by atoms with van der Waals surface area (Å²) in [5.41, 5.74) is 2.45. The Hall–Kier alpha value is -3.69. The van der Waals surface area contributed by atoms with Gasteiger partial charge in [0.2, 0.25) is 0 Å². The Morgan fingerprint density at radius 2 is 1.74 bits per heavy atom. The lowest BCUT2D eigenvalue weighted by Crippen LogP contribution is -2.40. The maximum Gasteiger partial charge on any atom is 0.338 e. The van der Waals surface area contributed by atoms with Crippen molar-refractivity contribution >= 4 is 61.9 Å². The smallest absolute Gasteiger partial charge is 0.338 e. The largest absolute Gasteiger partial charge is 0.493 e. The van der Waals surface area contributed by atoms with Gasteiger partial charge in [0.15, 0.2) is 27.8 Å². The molecule has 0 bridgehead atoms. The topological polar surface area (TPSA) is 97.6 Å². The van der Waals surface area contributed by atoms with Crippen LogP contribution in [0, 0.1) is 9.39 Å². The Bertz CT molecular complexity index is 2030. The third kappa shape index (κ3) is 6.72. The molecule has 9 nitrogen and oxygen atoms in total. The van der Waals surface area contributed by atoms with Crippen molar-refractivity contribution in [2.24, 2.45) is 4.99 Å². The van der Waals surface area contributed by atoms with E-state index in [0.29, 0.717) is 53.6 Å². The molecule has 1 atom stereocenters. The number of carbonyl (C=O) groups excluding carboxylic acids is 1. The molecular weight excluding hydrogens is 794 g/mol. The van der Waals surface area contributed by atoms with Crippen LogP contribution in [-0.4, -0.2) is 38.5 Å². The molecule has 2 heterocycles. The third-order valence-electron chi connectivity index (χ3n) is 7.16. The third-order valence-corrected chi connectivity index (χ3v) is 9.63. The van der Waals surface area contributed by atoms with Crippen molar-refractivity contribution in [1.29, 1.82) is 0 Å². The first-order chi connectivity index (χ1) is 22.1. The van der Waals surface area contributed by atoms with Crippen LogP contribution in [0.25, 0.3) is 6.08 Å². The lowest BCUT2D eigenvalue weighted by atomic mass is 9.95. The molecule has 5 rings (SSSR count). The number of esters is 1. The fourth-order valence-electron chi connectivity index (χ4n) is 5.02. The number of methoxy groups -OCH3 is 3. The van der Waals surface area contributed by atoms with E-state index in [1.165, 1.54) is 49.4 Å². The number of ether oxygens (including phenoxy) is 5. The Morgan fingerprint density at radius 1 is 1.07 bits per heavy atom. The molecule has 1 aromatic heterocycles. The monoisotopic (exact) mass is 822 g/mol. The second-order valence-electron chi connectivity index (χ2n) is 9.98. The first-order valence-corrected chi connectivity index (χ1v) is 16.6. The number of benzene rings is 3. The lowest BCUT2D eigenvalue weighted by Gasteiger charge is -2.26. The highest BCUT2D eigenvalue weighted by Gasteiger charge is 2.35. The van der Waals surface area contributed by atoms with Crippen LogP contribution < -0.4 is 33.8 Å². The number of aromatic nitrogens is 1. The van der Waals surface area contributed by atoms with Crippen molar-refractivity contribution in [3.8, 4) is 23.0 Å². The first-order valence-electron chi connectivity index (χ1n) is 14.0. The maximum absolute atomic E-state index is 14.2. The quantitative estimate of drug-likeness (QED) is 0.145. The summed E-state index contributed by atoms with van der Waals surface area (Å²) in [5, 5.41) is 0. The van der Waals surface area contributed by atoms with Gasteiger partial charge in [0, 0.05) is 4.47 Å². The Morgan fingerprint density at radius 3 is 2.39 bits per heavy atom. The first kappa shape index (κ1) is 33.7. The van der Waals surface area contributed by atoms with Gasteiger partial charge in [0.25, 0.3) is 5.56 Å². The average molecular weight is 823 g/mol. The number of carbonyl (C=O) groups is 1. The zero-order valence-corrected chi connectivity index (χ0v) is 30.0. The van der Waals surface area contributed by atoms with Gasteiger partial charge in [-0.05, 0) is 95.6 Å². The van der Waals surface area contributed by atoms with E-state index < -0.39 is 12.0 Å². The van der Waals surface area contributed by atoms with Crippen LogP contribution in [0.5, 0.6) is 23.0 Å². The summed E-state index contributed by atoms with van der Waals surface area (Å²) in [7, 11) is 4.58. The standard InChI is InChI=1S/C33H29BrFIN2O7S/c1-6-44-32(40)28-17(2)37-33-38(29(28)21-14-24(41-3)25(42-4)15-22(21)34)31(39)27(46-33)13-19-11-23(36)30(26(12-19)43-5)45-16-18-7-9-20(35)10-8-18/h7-15,29H,6,16H2,1-5H3/b27-13-/t29-/m1/s1. The van der Waals surface area contributed by atoms with E-state index in [2.05, 4.69) is 43.5 Å². The molecular formula is C33H29BrFIN2O7S. The van der Waals surface area contributed by atoms with Gasteiger partial charge in [-0.3, -0.25) is 9.36 Å². The molecule has 0 spiro atoms. The molecule has 0 fully saturated rings. The Labute approximate surface area is 290 Å². The summed E-state index contributed by atoms with van der Waals surface area (Å²) in [5.74, 6) is 1.03. The molecule has 46 heavy (non-hydrogen) atoms. The van der Waals surface area contributed by atoms with E-state index in [4.69, 9.17) is 23.7 Å². The van der Waals surface area contributed by atoms with Crippen LogP contribution in [0.15, 0.2) is 74.1 Å². The van der Waals surface area contributed by atoms with E-state index in [0.717, 1.165) is 9.13 Å². The highest BCUT2D eigenvalue weighted by molar-refractivity contribution is 14.1. The molecule has 0 saturated heterocycles. The van der Waals surface area contributed by atoms with Gasteiger partial charge in [-0.15, -0.1) is 0 Å². The number of allylic oxidation sites excluding steroid dienone is 1. The average Bonchev–Trinajstić information content (AvgIpc) is 3.33. The molecule has 13 heteroatoms. The summed E-state index contributed by atoms with van der Waals surface area (Å²) < 4.78 is 44.7. The Kier molecular flexibility index (Phi) is 10.5. The molecule has 0 amide bonds. The van der Waals surface area contributed by atoms with Gasteiger partial charge < -0.3 is 23.7 Å². The van der Waals surface area contributed by atoms with Crippen molar-refractivity contribution in [1.82, 2.24) is 4.57 Å². The molecule has 3 aromatic carbocycles. The molecule has 0 saturated carbocycles. The molecule has 0 unspecified atom stereocenters. The molecule has 240 valence electrons. The maximum atomic E-state index is 14.2. The van der Waals surface area contributed by atoms with Crippen LogP contribution in [0.3, 0.4) is 0 Å². The predicted molar refractivity (Wildman–Crippen MR) is 184 cm³/mol. The van der Waals surface area contributed by atoms with Gasteiger partial charge in [-0.1, -0.05) is 39.4 Å². The number of rotatable bonds is 10. The fraction of sp³-hybridized carbons (Fsp3) is 0.242. The molecule has 1 aliphatic rings. The molecule has 0 aliphatic carbocycles. The van der Waals surface area contributed by atoms with Crippen LogP contribution in [0.2, 0.25) is 0 Å². The molecule has 0 N–H and O–H groups in total. The summed E-state index contributed by atoms with van der Waals surface area (Å²) in [6, 6.07) is 12.3. The van der Waals surface area contributed by atoms with Crippen LogP contribution in [0.4, 0.5) is 4.39 Å². The summed E-state index contributed by atoms with van der Waals surface area (Å²) in [6.07, 6.45) is 1.75. The van der Waals surface area contributed by atoms with Crippen molar-refractivity contribution in [3.05, 3.63) is 110 Å². The fourth-order valence-corrected chi connectivity index (χ4v) is 7.38. The normalized spacial score (nSPS) is 14.4. The number of halogens is 3. The van der Waals surface area contributed by atoms with Gasteiger partial charge in [-0.25, -0.2) is 14.2 Å². The van der Waals surface area contributed by atoms with Crippen molar-refractivity contribution in [2.75, 3.05) is 27.9 Å². The summed E-state index contributed by atoms with van der Waals surface area (Å²) in [4.78, 5) is 32.6. The zero-order valence-electron chi connectivity index (χ0n) is 25.5. The van der Waals surface area contributed by atoms with E-state index in [9.17, 15) is 14.0 Å². The molecule has 4 aromatic rings. The predicted octanol–water partition coefficient (Wildman–Crippen LogP) is 5.91. The van der Waals surface area contributed by atoms with Crippen molar-refractivity contribution in [2.45, 2.75) is 26.5 Å². The van der Waals surface area contributed by atoms with Crippen LogP contribution >= 0.6 is 49.9 Å². The van der Waals surface area contributed by atoms with Gasteiger partial charge in [0.1, 0.15) is 12.4 Å². The minimum atomic E-state index is -0.858. The van der Waals surface area contributed by atoms with Crippen molar-refractivity contribution < 1.29 is 32.9 Å². The Balaban J connectivity index is 1.62. The van der Waals surface area contributed by atoms with Crippen LogP contribution in [0.1, 0.15) is 36.6 Å². The van der Waals surface area contributed by atoms with E-state index in [1.54, 1.807) is 50.3 Å². The SMILES string of the molecule is CCOC(=O)C1=C(C)N=c2s/c(=C\c3cc(I)c(OCc4ccc(F)cc4)c(OC)c3)c(=O)n2[C@@H]1c1cc(OC)c(OC)cc1Br. The van der Waals surface area contributed by atoms with Gasteiger partial charge in [-0.2, -0.15) is 0 Å². The number of fused-ring (bicyclic) bond motifs is 1. The second kappa shape index (κ2) is 14.4. The molecule has 1 aliphatic heterocycles. The van der Waals surface area contributed by atoms with Gasteiger partial charge in [0.05, 0.1) is 53.4 Å². The summed E-state index contributed by atoms with van der Waals surface area (Å²) in [6.45, 7) is 3.82. The van der Waals surface area contributed by atoms with E-state index in [-0.39, 0.29) is 30.2 Å². The number of thiazole rings is 1. The molecule has 0 radical (unpaired) electrons. The van der Waals surface area contributed by atoms with E-state index >= 15 is 0 Å². The van der Waals surface area contributed by atoms with Crippen LogP contribution in [-0.2, 0) is 16.1 Å². The minimum absolute atomic E-state index is 0.157. The lowest BCUT2D eigenvalue weighted by molar-refractivity contribution is -0.139. The van der Waals surface area contributed by atoms with Crippen molar-refractivity contribution in [3.63, 3.8) is 0 Å². The minimum Gasteiger partial charge on any atom is -0.493 e. The zero-order chi connectivity index (χ0) is 33.1. The summed E-state index contributed by atoms with van der Waals surface area (Å²) >= 11 is 6.97.